The zero-order valence-electron chi connectivity index (χ0n) is 12.3. The molecule has 2 N–H and O–H groups in total. The molecule has 6 heteroatoms. The Kier molecular flexibility index (Phi) is 4.05. The molecule has 3 rings (SSSR count). The zero-order valence-corrected chi connectivity index (χ0v) is 12.3. The van der Waals surface area contributed by atoms with Crippen LogP contribution in [-0.2, 0) is 16.1 Å². The van der Waals surface area contributed by atoms with Gasteiger partial charge in [0.15, 0.2) is 0 Å². The molecule has 6 nitrogen and oxygen atoms in total. The summed E-state index contributed by atoms with van der Waals surface area (Å²) in [5, 5.41) is 0. The van der Waals surface area contributed by atoms with Crippen molar-refractivity contribution in [2.75, 3.05) is 0 Å². The van der Waals surface area contributed by atoms with E-state index in [9.17, 15) is 9.59 Å². The first-order valence-corrected chi connectivity index (χ1v) is 7.09. The molecule has 0 saturated heterocycles. The summed E-state index contributed by atoms with van der Waals surface area (Å²) in [6, 6.07) is 17.3. The van der Waals surface area contributed by atoms with Crippen LogP contribution in [0.5, 0.6) is 0 Å². The summed E-state index contributed by atoms with van der Waals surface area (Å²) in [5.74, 6) is -0.632. The number of hydrogen-bond donors (Lipinski definition) is 1. The third kappa shape index (κ3) is 3.06. The van der Waals surface area contributed by atoms with Crippen LogP contribution in [0.1, 0.15) is 17.2 Å². The minimum absolute atomic E-state index is 0.0964. The van der Waals surface area contributed by atoms with Gasteiger partial charge in [-0.1, -0.05) is 60.7 Å². The Morgan fingerprint density at radius 1 is 1.09 bits per heavy atom. The third-order valence-corrected chi connectivity index (χ3v) is 3.48. The summed E-state index contributed by atoms with van der Waals surface area (Å²) in [5.41, 5.74) is 7.20. The van der Waals surface area contributed by atoms with Crippen LogP contribution in [-0.4, -0.2) is 22.9 Å². The number of benzene rings is 2. The van der Waals surface area contributed by atoms with Crippen LogP contribution in [0.2, 0.25) is 0 Å². The van der Waals surface area contributed by atoms with Crippen molar-refractivity contribution in [2.24, 2.45) is 10.7 Å². The molecule has 1 aliphatic heterocycles. The van der Waals surface area contributed by atoms with E-state index in [0.717, 1.165) is 10.5 Å². The van der Waals surface area contributed by atoms with E-state index in [0.29, 0.717) is 5.56 Å². The van der Waals surface area contributed by atoms with Crippen molar-refractivity contribution in [3.05, 3.63) is 71.8 Å². The van der Waals surface area contributed by atoms with Gasteiger partial charge in [0, 0.05) is 0 Å². The number of rotatable bonds is 3. The average Bonchev–Trinajstić information content (AvgIpc) is 2.88. The first-order valence-electron chi connectivity index (χ1n) is 7.09. The summed E-state index contributed by atoms with van der Waals surface area (Å²) in [6.45, 7) is 0.0964. The standard InChI is InChI=1S/C17H15N3O3/c18-16-19-15(21)14(13-9-5-2-6-10-13)20(16)17(22)23-11-12-7-3-1-4-8-12/h1-10,14H,11H2,(H2,18,19,21)/t14-/m1/s1. The second-order valence-electron chi connectivity index (χ2n) is 5.03. The SMILES string of the molecule is NC1=NC(=O)[C@@H](c2ccccc2)N1C(=O)OCc1ccccc1. The number of hydrogen-bond acceptors (Lipinski definition) is 4. The van der Waals surface area contributed by atoms with Crippen molar-refractivity contribution in [1.29, 1.82) is 0 Å². The maximum absolute atomic E-state index is 12.3. The maximum Gasteiger partial charge on any atom is 0.418 e. The number of aliphatic imine (C=N–C) groups is 1. The highest BCUT2D eigenvalue weighted by molar-refractivity contribution is 6.09. The lowest BCUT2D eigenvalue weighted by Crippen LogP contribution is -2.41. The molecular formula is C17H15N3O3. The molecule has 0 unspecified atom stereocenters. The van der Waals surface area contributed by atoms with E-state index in [1.807, 2.05) is 36.4 Å². The van der Waals surface area contributed by atoms with Crippen molar-refractivity contribution in [3.63, 3.8) is 0 Å². The molecule has 0 radical (unpaired) electrons. The smallest absolute Gasteiger partial charge is 0.418 e. The predicted octanol–water partition coefficient (Wildman–Crippen LogP) is 2.22. The van der Waals surface area contributed by atoms with Crippen LogP contribution in [0.25, 0.3) is 0 Å². The molecule has 1 heterocycles. The van der Waals surface area contributed by atoms with Gasteiger partial charge in [-0.3, -0.25) is 4.79 Å². The molecule has 0 saturated carbocycles. The first-order chi connectivity index (χ1) is 11.2. The molecule has 0 bridgehead atoms. The summed E-state index contributed by atoms with van der Waals surface area (Å²) in [7, 11) is 0. The summed E-state index contributed by atoms with van der Waals surface area (Å²) >= 11 is 0. The van der Waals surface area contributed by atoms with Crippen LogP contribution < -0.4 is 5.73 Å². The van der Waals surface area contributed by atoms with Gasteiger partial charge in [-0.2, -0.15) is 4.99 Å². The Morgan fingerprint density at radius 2 is 1.70 bits per heavy atom. The van der Waals surface area contributed by atoms with E-state index in [1.165, 1.54) is 0 Å². The van der Waals surface area contributed by atoms with Crippen molar-refractivity contribution < 1.29 is 14.3 Å². The van der Waals surface area contributed by atoms with Crippen LogP contribution in [0, 0.1) is 0 Å². The fourth-order valence-electron chi connectivity index (χ4n) is 2.39. The van der Waals surface area contributed by atoms with Gasteiger partial charge in [0.1, 0.15) is 12.6 Å². The monoisotopic (exact) mass is 309 g/mol. The molecule has 1 aliphatic rings. The Bertz CT molecular complexity index is 744. The molecule has 116 valence electrons. The second-order valence-corrected chi connectivity index (χ2v) is 5.03. The molecule has 0 aromatic heterocycles. The third-order valence-electron chi connectivity index (χ3n) is 3.48. The van der Waals surface area contributed by atoms with E-state index in [-0.39, 0.29) is 12.6 Å². The van der Waals surface area contributed by atoms with Gasteiger partial charge in [0.25, 0.3) is 5.91 Å². The van der Waals surface area contributed by atoms with Gasteiger partial charge in [0.2, 0.25) is 5.96 Å². The van der Waals surface area contributed by atoms with E-state index >= 15 is 0 Å². The molecule has 2 aromatic carbocycles. The minimum Gasteiger partial charge on any atom is -0.444 e. The molecule has 2 aromatic rings. The summed E-state index contributed by atoms with van der Waals surface area (Å²) in [6.07, 6.45) is -0.699. The van der Waals surface area contributed by atoms with Gasteiger partial charge in [-0.15, -0.1) is 0 Å². The molecule has 0 aliphatic carbocycles. The molecule has 1 atom stereocenters. The predicted molar refractivity (Wildman–Crippen MR) is 84.3 cm³/mol. The molecule has 23 heavy (non-hydrogen) atoms. The van der Waals surface area contributed by atoms with Crippen LogP contribution in [0.3, 0.4) is 0 Å². The number of guanidine groups is 1. The average molecular weight is 309 g/mol. The Balaban J connectivity index is 1.77. The van der Waals surface area contributed by atoms with Gasteiger partial charge < -0.3 is 10.5 Å². The second kappa shape index (κ2) is 6.31. The Labute approximate surface area is 133 Å². The van der Waals surface area contributed by atoms with Gasteiger partial charge in [-0.25, -0.2) is 9.69 Å². The topological polar surface area (TPSA) is 85.0 Å². The van der Waals surface area contributed by atoms with Gasteiger partial charge in [0.05, 0.1) is 0 Å². The number of carbonyl (C=O) groups is 2. The van der Waals surface area contributed by atoms with Crippen molar-refractivity contribution >= 4 is 18.0 Å². The number of ether oxygens (including phenoxy) is 1. The Morgan fingerprint density at radius 3 is 2.35 bits per heavy atom. The normalized spacial score (nSPS) is 17.0. The highest BCUT2D eigenvalue weighted by Crippen LogP contribution is 2.27. The first kappa shape index (κ1) is 14.8. The lowest BCUT2D eigenvalue weighted by atomic mass is 10.1. The fraction of sp³-hybridized carbons (Fsp3) is 0.118. The number of amides is 2. The molecule has 2 amide bonds. The van der Waals surface area contributed by atoms with E-state index in [4.69, 9.17) is 10.5 Å². The van der Waals surface area contributed by atoms with E-state index in [2.05, 4.69) is 4.99 Å². The zero-order chi connectivity index (χ0) is 16.2. The van der Waals surface area contributed by atoms with Crippen molar-refractivity contribution in [3.8, 4) is 0 Å². The van der Waals surface area contributed by atoms with Crippen LogP contribution in [0.15, 0.2) is 65.7 Å². The highest BCUT2D eigenvalue weighted by Gasteiger charge is 2.40. The van der Waals surface area contributed by atoms with Gasteiger partial charge in [-0.05, 0) is 11.1 Å². The maximum atomic E-state index is 12.3. The molecule has 0 spiro atoms. The molecular weight excluding hydrogens is 294 g/mol. The van der Waals surface area contributed by atoms with Crippen LogP contribution in [0.4, 0.5) is 4.79 Å². The highest BCUT2D eigenvalue weighted by atomic mass is 16.6. The Hall–Kier alpha value is -3.15. The fourth-order valence-corrected chi connectivity index (χ4v) is 2.39. The minimum atomic E-state index is -0.875. The number of nitrogens with two attached hydrogens (primary N) is 1. The quantitative estimate of drug-likeness (QED) is 0.942. The van der Waals surface area contributed by atoms with E-state index < -0.39 is 18.0 Å². The summed E-state index contributed by atoms with van der Waals surface area (Å²) < 4.78 is 5.26. The lowest BCUT2D eigenvalue weighted by molar-refractivity contribution is -0.120. The number of carbonyl (C=O) groups excluding carboxylic acids is 2. The van der Waals surface area contributed by atoms with Crippen molar-refractivity contribution in [1.82, 2.24) is 4.90 Å². The van der Waals surface area contributed by atoms with E-state index in [1.54, 1.807) is 24.3 Å². The van der Waals surface area contributed by atoms with Crippen molar-refractivity contribution in [2.45, 2.75) is 12.6 Å². The lowest BCUT2D eigenvalue weighted by Gasteiger charge is -2.22. The summed E-state index contributed by atoms with van der Waals surface area (Å²) in [4.78, 5) is 29.2. The van der Waals surface area contributed by atoms with Gasteiger partial charge >= 0.3 is 6.09 Å². The van der Waals surface area contributed by atoms with Crippen LogP contribution >= 0.6 is 0 Å². The number of nitrogens with zero attached hydrogens (tertiary/aromatic N) is 2. The molecule has 0 fully saturated rings. The largest absolute Gasteiger partial charge is 0.444 e.